The van der Waals surface area contributed by atoms with Crippen LogP contribution in [0.4, 0.5) is 13.2 Å². The number of carbonyl (C=O) groups is 1. The summed E-state index contributed by atoms with van der Waals surface area (Å²) in [6.07, 6.45) is -2.24. The first-order chi connectivity index (χ1) is 13.3. The van der Waals surface area contributed by atoms with Crippen molar-refractivity contribution < 1.29 is 22.7 Å². The van der Waals surface area contributed by atoms with Crippen LogP contribution in [0, 0.1) is 6.92 Å². The normalized spacial score (nSPS) is 20.2. The lowest BCUT2D eigenvalue weighted by Gasteiger charge is -2.42. The molecule has 1 unspecified atom stereocenters. The zero-order valence-corrected chi connectivity index (χ0v) is 17.6. The largest absolute Gasteiger partial charge is 0.496 e. The molecule has 164 valence electrons. The van der Waals surface area contributed by atoms with Gasteiger partial charge in [0.05, 0.1) is 12.5 Å². The Labute approximate surface area is 175 Å². The van der Waals surface area contributed by atoms with E-state index in [1.807, 2.05) is 25.1 Å². The molecule has 2 fully saturated rings. The molecule has 1 amide bonds. The van der Waals surface area contributed by atoms with Crippen LogP contribution in [-0.4, -0.2) is 62.9 Å². The molecule has 1 aromatic rings. The smallest absolute Gasteiger partial charge is 0.405 e. The van der Waals surface area contributed by atoms with Crippen molar-refractivity contribution in [3.05, 3.63) is 29.3 Å². The topological polar surface area (TPSA) is 53.6 Å². The van der Waals surface area contributed by atoms with E-state index in [1.54, 1.807) is 7.11 Å². The predicted molar refractivity (Wildman–Crippen MR) is 108 cm³/mol. The van der Waals surface area contributed by atoms with Crippen LogP contribution in [0.2, 0.25) is 0 Å². The van der Waals surface area contributed by atoms with Gasteiger partial charge in [-0.1, -0.05) is 18.6 Å². The molecule has 0 aromatic heterocycles. The number of carbonyl (C=O) groups excluding carboxylic acids is 1. The maximum Gasteiger partial charge on any atom is 0.405 e. The molecule has 0 bridgehead atoms. The van der Waals surface area contributed by atoms with Crippen LogP contribution < -0.4 is 15.4 Å². The lowest BCUT2D eigenvalue weighted by molar-refractivity contribution is -0.184. The summed E-state index contributed by atoms with van der Waals surface area (Å²) in [5.41, 5.74) is 1.00. The van der Waals surface area contributed by atoms with Gasteiger partial charge in [-0.25, -0.2) is 0 Å². The number of halogens is 4. The summed E-state index contributed by atoms with van der Waals surface area (Å²) in [6.45, 7) is 3.17. The number of hydrogen-bond donors (Lipinski definition) is 2. The first-order valence-electron chi connectivity index (χ1n) is 9.73. The van der Waals surface area contributed by atoms with Crippen LogP contribution in [-0.2, 0) is 10.2 Å². The van der Waals surface area contributed by atoms with Crippen molar-refractivity contribution >= 4 is 18.3 Å². The van der Waals surface area contributed by atoms with Gasteiger partial charge in [-0.05, 0) is 37.0 Å². The summed E-state index contributed by atoms with van der Waals surface area (Å²) >= 11 is 0. The van der Waals surface area contributed by atoms with E-state index in [0.29, 0.717) is 44.8 Å². The Hall–Kier alpha value is -1.51. The molecule has 0 spiro atoms. The second-order valence-electron chi connectivity index (χ2n) is 7.67. The van der Waals surface area contributed by atoms with Gasteiger partial charge >= 0.3 is 6.18 Å². The fourth-order valence-electron chi connectivity index (χ4n) is 4.10. The minimum absolute atomic E-state index is 0. The number of hydrogen-bond acceptors (Lipinski definition) is 4. The van der Waals surface area contributed by atoms with Crippen molar-refractivity contribution in [2.24, 2.45) is 0 Å². The van der Waals surface area contributed by atoms with Crippen molar-refractivity contribution in [3.8, 4) is 5.75 Å². The number of benzene rings is 1. The highest BCUT2D eigenvalue weighted by molar-refractivity contribution is 5.89. The van der Waals surface area contributed by atoms with Gasteiger partial charge in [0.1, 0.15) is 11.8 Å². The molecule has 1 heterocycles. The molecule has 3 rings (SSSR count). The maximum atomic E-state index is 13.6. The first kappa shape index (κ1) is 23.8. The van der Waals surface area contributed by atoms with E-state index in [0.717, 1.165) is 17.5 Å². The minimum atomic E-state index is -4.38. The zero-order valence-electron chi connectivity index (χ0n) is 16.8. The fraction of sp³-hybridized carbons (Fsp3) is 0.650. The Morgan fingerprint density at radius 3 is 2.48 bits per heavy atom. The fourth-order valence-corrected chi connectivity index (χ4v) is 4.10. The van der Waals surface area contributed by atoms with Crippen molar-refractivity contribution in [3.63, 3.8) is 0 Å². The molecule has 9 heteroatoms. The number of alkyl halides is 3. The van der Waals surface area contributed by atoms with Gasteiger partial charge in [-0.15, -0.1) is 12.4 Å². The van der Waals surface area contributed by atoms with E-state index < -0.39 is 24.2 Å². The summed E-state index contributed by atoms with van der Waals surface area (Å²) in [4.78, 5) is 14.4. The van der Waals surface area contributed by atoms with Crippen LogP contribution >= 0.6 is 12.4 Å². The van der Waals surface area contributed by atoms with E-state index in [1.165, 1.54) is 4.90 Å². The monoisotopic (exact) mass is 435 g/mol. The molecule has 2 aliphatic rings. The van der Waals surface area contributed by atoms with Crippen molar-refractivity contribution in [1.29, 1.82) is 0 Å². The van der Waals surface area contributed by atoms with Crippen molar-refractivity contribution in [2.75, 3.05) is 39.8 Å². The summed E-state index contributed by atoms with van der Waals surface area (Å²) in [5, 5.41) is 5.68. The number of aryl methyl sites for hydroxylation is 1. The van der Waals surface area contributed by atoms with Crippen LogP contribution in [0.1, 0.15) is 30.4 Å². The molecule has 2 N–H and O–H groups in total. The molecule has 1 saturated carbocycles. The zero-order chi connectivity index (χ0) is 20.4. The Morgan fingerprint density at radius 1 is 1.31 bits per heavy atom. The predicted octanol–water partition coefficient (Wildman–Crippen LogP) is 2.80. The third-order valence-corrected chi connectivity index (χ3v) is 6.03. The second kappa shape index (κ2) is 9.53. The molecule has 1 aliphatic heterocycles. The molecule has 1 atom stereocenters. The van der Waals surface area contributed by atoms with Gasteiger partial charge in [0.25, 0.3) is 0 Å². The minimum Gasteiger partial charge on any atom is -0.496 e. The number of methoxy groups -OCH3 is 1. The van der Waals surface area contributed by atoms with Crippen molar-refractivity contribution in [1.82, 2.24) is 15.5 Å². The van der Waals surface area contributed by atoms with E-state index in [-0.39, 0.29) is 18.3 Å². The Balaban J connectivity index is 0.00000300. The average Bonchev–Trinajstić information content (AvgIpc) is 2.62. The Morgan fingerprint density at radius 2 is 1.97 bits per heavy atom. The molecule has 1 aliphatic carbocycles. The Bertz CT molecular complexity index is 705. The molecular weight excluding hydrogens is 407 g/mol. The van der Waals surface area contributed by atoms with Gasteiger partial charge in [-0.3, -0.25) is 9.69 Å². The number of amides is 1. The van der Waals surface area contributed by atoms with E-state index in [9.17, 15) is 18.0 Å². The summed E-state index contributed by atoms with van der Waals surface area (Å²) in [7, 11) is 1.57. The average molecular weight is 436 g/mol. The highest BCUT2D eigenvalue weighted by Gasteiger charge is 2.48. The van der Waals surface area contributed by atoms with Crippen molar-refractivity contribution in [2.45, 2.75) is 43.8 Å². The SMILES string of the molecule is COc1cc(C2(C(=O)NCC(N3CCNCC3)C(F)(F)F)CCC2)ccc1C.Cl. The highest BCUT2D eigenvalue weighted by atomic mass is 35.5. The molecule has 29 heavy (non-hydrogen) atoms. The third kappa shape index (κ3) is 4.98. The maximum absolute atomic E-state index is 13.6. The number of piperazine rings is 1. The number of nitrogens with zero attached hydrogens (tertiary/aromatic N) is 1. The lowest BCUT2D eigenvalue weighted by atomic mass is 9.63. The van der Waals surface area contributed by atoms with Crippen LogP contribution in [0.3, 0.4) is 0 Å². The Kier molecular flexibility index (Phi) is 7.81. The molecular formula is C20H29ClF3N3O2. The standard InChI is InChI=1S/C20H28F3N3O2.ClH/c1-14-4-5-15(12-16(14)28-2)19(6-3-7-19)18(27)25-13-17(20(21,22)23)26-10-8-24-9-11-26;/h4-5,12,17,24H,3,6-11,13H2,1-2H3,(H,25,27);1H. The second-order valence-corrected chi connectivity index (χ2v) is 7.67. The van der Waals surface area contributed by atoms with E-state index in [2.05, 4.69) is 10.6 Å². The van der Waals surface area contributed by atoms with Gasteiger partial charge < -0.3 is 15.4 Å². The summed E-state index contributed by atoms with van der Waals surface area (Å²) < 4.78 is 46.1. The number of nitrogens with one attached hydrogen (secondary N) is 2. The summed E-state index contributed by atoms with van der Waals surface area (Å²) in [5.74, 6) is 0.361. The van der Waals surface area contributed by atoms with E-state index in [4.69, 9.17) is 4.74 Å². The first-order valence-corrected chi connectivity index (χ1v) is 9.73. The van der Waals surface area contributed by atoms with Crippen LogP contribution in [0.25, 0.3) is 0 Å². The number of ether oxygens (including phenoxy) is 1. The quantitative estimate of drug-likeness (QED) is 0.721. The molecule has 1 saturated heterocycles. The van der Waals surface area contributed by atoms with Gasteiger partial charge in [-0.2, -0.15) is 13.2 Å². The number of rotatable bonds is 6. The molecule has 0 radical (unpaired) electrons. The highest BCUT2D eigenvalue weighted by Crippen LogP contribution is 2.45. The third-order valence-electron chi connectivity index (χ3n) is 6.03. The van der Waals surface area contributed by atoms with E-state index >= 15 is 0 Å². The summed E-state index contributed by atoms with van der Waals surface area (Å²) in [6, 6.07) is 3.95. The van der Waals surface area contributed by atoms with Gasteiger partial charge in [0, 0.05) is 32.7 Å². The van der Waals surface area contributed by atoms with Crippen LogP contribution in [0.15, 0.2) is 18.2 Å². The van der Waals surface area contributed by atoms with Crippen LogP contribution in [0.5, 0.6) is 5.75 Å². The molecule has 5 nitrogen and oxygen atoms in total. The van der Waals surface area contributed by atoms with Gasteiger partial charge in [0.15, 0.2) is 0 Å². The molecule has 1 aromatic carbocycles. The van der Waals surface area contributed by atoms with Gasteiger partial charge in [0.2, 0.25) is 5.91 Å². The lowest BCUT2D eigenvalue weighted by Crippen LogP contribution is -2.59.